The molecule has 4 heteroatoms. The van der Waals surface area contributed by atoms with Crippen molar-refractivity contribution in [2.45, 2.75) is 0 Å². The van der Waals surface area contributed by atoms with Gasteiger partial charge in [0.15, 0.2) is 6.29 Å². The standard InChI is InChI=1S/C11H12O4/c1-14-6-7-15-10-4-2-9(3-5-10)11(13)8-12/h2-5,8H,6-7H2,1H3. The van der Waals surface area contributed by atoms with Crippen molar-refractivity contribution in [3.05, 3.63) is 29.8 Å². The van der Waals surface area contributed by atoms with Crippen LogP contribution in [0, 0.1) is 0 Å². The summed E-state index contributed by atoms with van der Waals surface area (Å²) >= 11 is 0. The van der Waals surface area contributed by atoms with Crippen molar-refractivity contribution in [2.75, 3.05) is 20.3 Å². The summed E-state index contributed by atoms with van der Waals surface area (Å²) in [5, 5.41) is 0. The lowest BCUT2D eigenvalue weighted by atomic mass is 10.1. The number of methoxy groups -OCH3 is 1. The maximum atomic E-state index is 11.0. The average molecular weight is 208 g/mol. The average Bonchev–Trinajstić information content (AvgIpc) is 2.29. The number of carbonyl (C=O) groups is 2. The highest BCUT2D eigenvalue weighted by molar-refractivity contribution is 6.33. The molecule has 0 aliphatic rings. The number of Topliss-reactive ketones (excluding diaryl/α,β-unsaturated/α-hetero) is 1. The number of rotatable bonds is 6. The second-order valence-electron chi connectivity index (χ2n) is 2.85. The predicted molar refractivity (Wildman–Crippen MR) is 54.2 cm³/mol. The second-order valence-corrected chi connectivity index (χ2v) is 2.85. The van der Waals surface area contributed by atoms with E-state index >= 15 is 0 Å². The molecule has 1 aromatic carbocycles. The molecule has 0 aliphatic carbocycles. The zero-order chi connectivity index (χ0) is 11.1. The van der Waals surface area contributed by atoms with Gasteiger partial charge in [0.2, 0.25) is 5.78 Å². The van der Waals surface area contributed by atoms with Gasteiger partial charge in [-0.05, 0) is 24.3 Å². The van der Waals surface area contributed by atoms with Gasteiger partial charge in [-0.2, -0.15) is 0 Å². The molecule has 0 radical (unpaired) electrons. The predicted octanol–water partition coefficient (Wildman–Crippen LogP) is 1.09. The molecule has 0 heterocycles. The highest BCUT2D eigenvalue weighted by Crippen LogP contribution is 2.11. The molecular weight excluding hydrogens is 196 g/mol. The molecular formula is C11H12O4. The van der Waals surface area contributed by atoms with E-state index < -0.39 is 5.78 Å². The van der Waals surface area contributed by atoms with Crippen LogP contribution in [0.1, 0.15) is 10.4 Å². The molecule has 0 N–H and O–H groups in total. The summed E-state index contributed by atoms with van der Waals surface area (Å²) in [6.45, 7) is 0.965. The van der Waals surface area contributed by atoms with Crippen LogP contribution in [0.3, 0.4) is 0 Å². The normalized spacial score (nSPS) is 9.67. The largest absolute Gasteiger partial charge is 0.491 e. The number of hydrogen-bond donors (Lipinski definition) is 0. The molecule has 0 bridgehead atoms. The van der Waals surface area contributed by atoms with Crippen LogP contribution in [0.15, 0.2) is 24.3 Å². The molecule has 1 rings (SSSR count). The molecule has 0 amide bonds. The van der Waals surface area contributed by atoms with Crippen LogP contribution in [0.25, 0.3) is 0 Å². The van der Waals surface area contributed by atoms with Gasteiger partial charge in [-0.25, -0.2) is 0 Å². The summed E-state index contributed by atoms with van der Waals surface area (Å²) in [6.07, 6.45) is 0.292. The maximum Gasteiger partial charge on any atom is 0.225 e. The Morgan fingerprint density at radius 1 is 1.27 bits per heavy atom. The van der Waals surface area contributed by atoms with Gasteiger partial charge < -0.3 is 9.47 Å². The SMILES string of the molecule is COCCOc1ccc(C(=O)C=O)cc1. The lowest BCUT2D eigenvalue weighted by Crippen LogP contribution is -2.04. The molecule has 4 nitrogen and oxygen atoms in total. The minimum absolute atomic E-state index is 0.292. The number of ether oxygens (including phenoxy) is 2. The zero-order valence-electron chi connectivity index (χ0n) is 8.43. The summed E-state index contributed by atoms with van der Waals surface area (Å²) < 4.78 is 10.1. The van der Waals surface area contributed by atoms with Crippen LogP contribution in [-0.2, 0) is 9.53 Å². The minimum Gasteiger partial charge on any atom is -0.491 e. The van der Waals surface area contributed by atoms with E-state index in [1.165, 1.54) is 0 Å². The van der Waals surface area contributed by atoms with Crippen molar-refractivity contribution < 1.29 is 19.1 Å². The molecule has 0 spiro atoms. The Morgan fingerprint density at radius 2 is 1.93 bits per heavy atom. The smallest absolute Gasteiger partial charge is 0.225 e. The second kappa shape index (κ2) is 5.93. The zero-order valence-corrected chi connectivity index (χ0v) is 8.43. The first-order chi connectivity index (χ1) is 7.27. The summed E-state index contributed by atoms with van der Waals surface area (Å²) in [7, 11) is 1.59. The van der Waals surface area contributed by atoms with Crippen molar-refractivity contribution in [1.29, 1.82) is 0 Å². The van der Waals surface area contributed by atoms with Crippen LogP contribution in [-0.4, -0.2) is 32.4 Å². The van der Waals surface area contributed by atoms with Gasteiger partial charge >= 0.3 is 0 Å². The van der Waals surface area contributed by atoms with Crippen LogP contribution in [0.4, 0.5) is 0 Å². The molecule has 0 saturated carbocycles. The molecule has 15 heavy (non-hydrogen) atoms. The van der Waals surface area contributed by atoms with E-state index in [4.69, 9.17) is 9.47 Å². The van der Waals surface area contributed by atoms with Gasteiger partial charge in [0.25, 0.3) is 0 Å². The Kier molecular flexibility index (Phi) is 4.50. The first kappa shape index (κ1) is 11.4. The van der Waals surface area contributed by atoms with Crippen molar-refractivity contribution in [3.8, 4) is 5.75 Å². The van der Waals surface area contributed by atoms with Crippen LogP contribution in [0.5, 0.6) is 5.75 Å². The summed E-state index contributed by atoms with van der Waals surface area (Å²) in [5.74, 6) is 0.118. The Bertz CT molecular complexity index is 329. The maximum absolute atomic E-state index is 11.0. The van der Waals surface area contributed by atoms with Gasteiger partial charge in [-0.1, -0.05) is 0 Å². The third-order valence-corrected chi connectivity index (χ3v) is 1.80. The number of aldehydes is 1. The third kappa shape index (κ3) is 3.52. The fourth-order valence-corrected chi connectivity index (χ4v) is 1.03. The fraction of sp³-hybridized carbons (Fsp3) is 0.273. The first-order valence-corrected chi connectivity index (χ1v) is 4.49. The Hall–Kier alpha value is -1.68. The topological polar surface area (TPSA) is 52.6 Å². The number of ketones is 1. The van der Waals surface area contributed by atoms with Gasteiger partial charge in [0, 0.05) is 12.7 Å². The quantitative estimate of drug-likeness (QED) is 0.304. The Morgan fingerprint density at radius 3 is 2.47 bits per heavy atom. The van der Waals surface area contributed by atoms with Gasteiger partial charge in [-0.15, -0.1) is 0 Å². The van der Waals surface area contributed by atoms with Gasteiger partial charge in [0.1, 0.15) is 12.4 Å². The van der Waals surface area contributed by atoms with E-state index in [1.807, 2.05) is 0 Å². The van der Waals surface area contributed by atoms with E-state index in [-0.39, 0.29) is 0 Å². The van der Waals surface area contributed by atoms with Crippen LogP contribution < -0.4 is 4.74 Å². The number of hydrogen-bond acceptors (Lipinski definition) is 4. The van der Waals surface area contributed by atoms with Crippen molar-refractivity contribution in [3.63, 3.8) is 0 Å². The molecule has 1 aromatic rings. The highest BCUT2D eigenvalue weighted by Gasteiger charge is 2.03. The molecule has 0 atom stereocenters. The fourth-order valence-electron chi connectivity index (χ4n) is 1.03. The van der Waals surface area contributed by atoms with Crippen LogP contribution in [0.2, 0.25) is 0 Å². The highest BCUT2D eigenvalue weighted by atomic mass is 16.5. The van der Waals surface area contributed by atoms with Crippen LogP contribution >= 0.6 is 0 Å². The summed E-state index contributed by atoms with van der Waals surface area (Å²) in [5.41, 5.74) is 0.365. The lowest BCUT2D eigenvalue weighted by molar-refractivity contribution is -0.104. The van der Waals surface area contributed by atoms with Gasteiger partial charge in [-0.3, -0.25) is 9.59 Å². The minimum atomic E-state index is -0.529. The lowest BCUT2D eigenvalue weighted by Gasteiger charge is -2.05. The van der Waals surface area contributed by atoms with Crippen molar-refractivity contribution in [1.82, 2.24) is 0 Å². The summed E-state index contributed by atoms with van der Waals surface area (Å²) in [6, 6.07) is 6.40. The van der Waals surface area contributed by atoms with Crippen molar-refractivity contribution >= 4 is 12.1 Å². The number of benzene rings is 1. The molecule has 0 saturated heterocycles. The Labute approximate surface area is 87.8 Å². The van der Waals surface area contributed by atoms with E-state index in [0.717, 1.165) is 0 Å². The number of carbonyl (C=O) groups excluding carboxylic acids is 2. The molecule has 80 valence electrons. The monoisotopic (exact) mass is 208 g/mol. The van der Waals surface area contributed by atoms with E-state index in [0.29, 0.717) is 30.8 Å². The van der Waals surface area contributed by atoms with E-state index in [9.17, 15) is 9.59 Å². The molecule has 0 aliphatic heterocycles. The Balaban J connectivity index is 2.56. The van der Waals surface area contributed by atoms with E-state index in [1.54, 1.807) is 31.4 Å². The van der Waals surface area contributed by atoms with E-state index in [2.05, 4.69) is 0 Å². The third-order valence-electron chi connectivity index (χ3n) is 1.80. The van der Waals surface area contributed by atoms with Crippen molar-refractivity contribution in [2.24, 2.45) is 0 Å². The summed E-state index contributed by atoms with van der Waals surface area (Å²) in [4.78, 5) is 21.2. The molecule has 0 unspecified atom stereocenters. The molecule has 0 aromatic heterocycles. The van der Waals surface area contributed by atoms with Gasteiger partial charge in [0.05, 0.1) is 6.61 Å². The molecule has 0 fully saturated rings. The first-order valence-electron chi connectivity index (χ1n) is 4.49.